The number of carbonyl (C=O) groups is 3. The minimum atomic E-state index is -0.765. The van der Waals surface area contributed by atoms with Gasteiger partial charge in [-0.3, -0.25) is 14.4 Å². The lowest BCUT2D eigenvalue weighted by atomic mass is 10.0. The molecule has 0 N–H and O–H groups in total. The second-order valence-corrected chi connectivity index (χ2v) is 15.7. The Morgan fingerprint density at radius 1 is 0.358 bits per heavy atom. The largest absolute Gasteiger partial charge is 0.462 e. The molecule has 0 aromatic rings. The molecule has 0 aliphatic rings. The summed E-state index contributed by atoms with van der Waals surface area (Å²) in [5.74, 6) is -0.872. The van der Waals surface area contributed by atoms with Crippen LogP contribution in [0.5, 0.6) is 0 Å². The van der Waals surface area contributed by atoms with Crippen molar-refractivity contribution < 1.29 is 28.6 Å². The zero-order valence-corrected chi connectivity index (χ0v) is 35.6. The van der Waals surface area contributed by atoms with E-state index < -0.39 is 6.10 Å². The standard InChI is InChI=1S/C47H88O6/c1-4-7-10-13-16-19-22-23-24-25-26-29-31-34-37-40-46(49)52-43-44(53-47(50)41-38-35-32-28-21-18-15-12-9-6-3)42-51-45(48)39-36-33-30-27-20-17-14-11-8-5-2/h12,15,44H,4-11,13-14,16-43H2,1-3H3/b15-12-. The van der Waals surface area contributed by atoms with Gasteiger partial charge in [-0.15, -0.1) is 0 Å². The van der Waals surface area contributed by atoms with E-state index in [4.69, 9.17) is 14.2 Å². The predicted molar refractivity (Wildman–Crippen MR) is 224 cm³/mol. The maximum absolute atomic E-state index is 12.7. The van der Waals surface area contributed by atoms with Crippen LogP contribution in [0.2, 0.25) is 0 Å². The van der Waals surface area contributed by atoms with Gasteiger partial charge in [-0.1, -0.05) is 206 Å². The highest BCUT2D eigenvalue weighted by Crippen LogP contribution is 2.15. The van der Waals surface area contributed by atoms with Crippen LogP contribution in [0.25, 0.3) is 0 Å². The van der Waals surface area contributed by atoms with Crippen LogP contribution < -0.4 is 0 Å². The van der Waals surface area contributed by atoms with Crippen LogP contribution in [0.1, 0.15) is 252 Å². The first-order valence-electron chi connectivity index (χ1n) is 23.2. The average molecular weight is 749 g/mol. The van der Waals surface area contributed by atoms with Gasteiger partial charge in [0.25, 0.3) is 0 Å². The molecule has 0 heterocycles. The van der Waals surface area contributed by atoms with Crippen molar-refractivity contribution >= 4 is 17.9 Å². The van der Waals surface area contributed by atoms with Crippen molar-refractivity contribution in [1.29, 1.82) is 0 Å². The van der Waals surface area contributed by atoms with E-state index in [-0.39, 0.29) is 31.1 Å². The minimum Gasteiger partial charge on any atom is -0.462 e. The molecule has 0 fully saturated rings. The van der Waals surface area contributed by atoms with Gasteiger partial charge in [0, 0.05) is 19.3 Å². The van der Waals surface area contributed by atoms with Crippen molar-refractivity contribution in [2.75, 3.05) is 13.2 Å². The van der Waals surface area contributed by atoms with E-state index >= 15 is 0 Å². The zero-order chi connectivity index (χ0) is 38.7. The summed E-state index contributed by atoms with van der Waals surface area (Å²) >= 11 is 0. The molecule has 0 saturated carbocycles. The summed E-state index contributed by atoms with van der Waals surface area (Å²) in [7, 11) is 0. The molecule has 6 nitrogen and oxygen atoms in total. The van der Waals surface area contributed by atoms with Crippen molar-refractivity contribution in [3.63, 3.8) is 0 Å². The Labute approximate surface area is 329 Å². The van der Waals surface area contributed by atoms with E-state index in [0.29, 0.717) is 19.3 Å². The molecular weight excluding hydrogens is 661 g/mol. The summed E-state index contributed by atoms with van der Waals surface area (Å²) < 4.78 is 16.7. The molecule has 0 radical (unpaired) electrons. The molecule has 0 aliphatic carbocycles. The van der Waals surface area contributed by atoms with Gasteiger partial charge in [0.15, 0.2) is 6.10 Å². The number of allylic oxidation sites excluding steroid dienone is 2. The number of ether oxygens (including phenoxy) is 3. The maximum Gasteiger partial charge on any atom is 0.306 e. The first-order chi connectivity index (χ1) is 26.0. The van der Waals surface area contributed by atoms with Crippen molar-refractivity contribution in [3.05, 3.63) is 12.2 Å². The molecule has 312 valence electrons. The number of unbranched alkanes of at least 4 members (excludes halogenated alkanes) is 29. The molecular formula is C47H88O6. The first kappa shape index (κ1) is 51.1. The van der Waals surface area contributed by atoms with Gasteiger partial charge in [-0.05, 0) is 38.5 Å². The molecule has 53 heavy (non-hydrogen) atoms. The Kier molecular flexibility index (Phi) is 41.4. The van der Waals surface area contributed by atoms with Gasteiger partial charge in [0.2, 0.25) is 0 Å². The van der Waals surface area contributed by atoms with E-state index in [1.54, 1.807) is 0 Å². The molecule has 0 aromatic heterocycles. The highest BCUT2D eigenvalue weighted by atomic mass is 16.6. The van der Waals surface area contributed by atoms with Gasteiger partial charge in [0.1, 0.15) is 13.2 Å². The van der Waals surface area contributed by atoms with Crippen LogP contribution in [0.15, 0.2) is 12.2 Å². The number of rotatable bonds is 42. The Balaban J connectivity index is 4.29. The fourth-order valence-corrected chi connectivity index (χ4v) is 6.74. The third-order valence-corrected chi connectivity index (χ3v) is 10.3. The normalized spacial score (nSPS) is 12.0. The van der Waals surface area contributed by atoms with Crippen molar-refractivity contribution in [2.45, 2.75) is 258 Å². The van der Waals surface area contributed by atoms with Gasteiger partial charge in [-0.25, -0.2) is 0 Å². The van der Waals surface area contributed by atoms with E-state index in [1.165, 1.54) is 141 Å². The Morgan fingerprint density at radius 2 is 0.660 bits per heavy atom. The highest BCUT2D eigenvalue weighted by molar-refractivity contribution is 5.71. The lowest BCUT2D eigenvalue weighted by molar-refractivity contribution is -0.167. The molecule has 0 spiro atoms. The van der Waals surface area contributed by atoms with Crippen LogP contribution in [0.3, 0.4) is 0 Å². The van der Waals surface area contributed by atoms with Crippen molar-refractivity contribution in [2.24, 2.45) is 0 Å². The molecule has 0 bridgehead atoms. The van der Waals surface area contributed by atoms with E-state index in [0.717, 1.165) is 70.6 Å². The molecule has 1 atom stereocenters. The monoisotopic (exact) mass is 749 g/mol. The molecule has 0 aliphatic heterocycles. The summed E-state index contributed by atoms with van der Waals surface area (Å²) in [6, 6.07) is 0. The fraction of sp³-hybridized carbons (Fsp3) is 0.894. The van der Waals surface area contributed by atoms with E-state index in [1.807, 2.05) is 0 Å². The van der Waals surface area contributed by atoms with Crippen LogP contribution in [0.4, 0.5) is 0 Å². The second kappa shape index (κ2) is 42.9. The van der Waals surface area contributed by atoms with E-state index in [2.05, 4.69) is 32.9 Å². The van der Waals surface area contributed by atoms with Gasteiger partial charge >= 0.3 is 17.9 Å². The van der Waals surface area contributed by atoms with Crippen molar-refractivity contribution in [3.8, 4) is 0 Å². The number of hydrogen-bond donors (Lipinski definition) is 0. The summed E-state index contributed by atoms with van der Waals surface area (Å²) in [4.78, 5) is 37.7. The molecule has 1 unspecified atom stereocenters. The van der Waals surface area contributed by atoms with Gasteiger partial charge < -0.3 is 14.2 Å². The summed E-state index contributed by atoms with van der Waals surface area (Å²) in [5, 5.41) is 0. The van der Waals surface area contributed by atoms with Gasteiger partial charge in [-0.2, -0.15) is 0 Å². The van der Waals surface area contributed by atoms with Gasteiger partial charge in [0.05, 0.1) is 0 Å². The van der Waals surface area contributed by atoms with E-state index in [9.17, 15) is 14.4 Å². The first-order valence-corrected chi connectivity index (χ1v) is 23.2. The Hall–Kier alpha value is -1.85. The molecule has 0 amide bonds. The SMILES string of the molecule is CCC/C=C\CCCCCCCC(=O)OC(COC(=O)CCCCCCCCCCCC)COC(=O)CCCCCCCCCCCCCCCCC. The topological polar surface area (TPSA) is 78.9 Å². The van der Waals surface area contributed by atoms with Crippen LogP contribution in [-0.4, -0.2) is 37.2 Å². The summed E-state index contributed by atoms with van der Waals surface area (Å²) in [6.07, 6.45) is 44.8. The zero-order valence-electron chi connectivity index (χ0n) is 35.6. The van der Waals surface area contributed by atoms with Crippen molar-refractivity contribution in [1.82, 2.24) is 0 Å². The Morgan fingerprint density at radius 3 is 1.02 bits per heavy atom. The third-order valence-electron chi connectivity index (χ3n) is 10.3. The third kappa shape index (κ3) is 41.2. The maximum atomic E-state index is 12.7. The van der Waals surface area contributed by atoms with Crippen LogP contribution in [0, 0.1) is 0 Å². The highest BCUT2D eigenvalue weighted by Gasteiger charge is 2.19. The fourth-order valence-electron chi connectivity index (χ4n) is 6.74. The predicted octanol–water partition coefficient (Wildman–Crippen LogP) is 14.6. The number of carbonyl (C=O) groups excluding carboxylic acids is 3. The lowest BCUT2D eigenvalue weighted by Gasteiger charge is -2.18. The number of hydrogen-bond acceptors (Lipinski definition) is 6. The average Bonchev–Trinajstić information content (AvgIpc) is 3.15. The molecule has 0 saturated heterocycles. The van der Waals surface area contributed by atoms with Crippen LogP contribution in [-0.2, 0) is 28.6 Å². The molecule has 0 aromatic carbocycles. The molecule has 6 heteroatoms. The quantitative estimate of drug-likeness (QED) is 0.0268. The second-order valence-electron chi connectivity index (χ2n) is 15.7. The molecule has 0 rings (SSSR count). The summed E-state index contributed by atoms with van der Waals surface area (Å²) in [5.41, 5.74) is 0. The lowest BCUT2D eigenvalue weighted by Crippen LogP contribution is -2.30. The number of esters is 3. The minimum absolute atomic E-state index is 0.0690. The Bertz CT molecular complexity index is 824. The van der Waals surface area contributed by atoms with Crippen LogP contribution >= 0.6 is 0 Å². The summed E-state index contributed by atoms with van der Waals surface area (Å²) in [6.45, 7) is 6.57. The smallest absolute Gasteiger partial charge is 0.306 e.